The van der Waals surface area contributed by atoms with Crippen molar-refractivity contribution in [1.82, 2.24) is 10.1 Å². The molecule has 0 saturated carbocycles. The Morgan fingerprint density at radius 1 is 1.10 bits per heavy atom. The third-order valence-electron chi connectivity index (χ3n) is 3.46. The topological polar surface area (TPSA) is 59.2 Å². The fourth-order valence-electron chi connectivity index (χ4n) is 2.30. The van der Waals surface area contributed by atoms with E-state index in [0.717, 1.165) is 12.0 Å². The van der Waals surface area contributed by atoms with Crippen LogP contribution in [0, 0.1) is 5.92 Å². The molecule has 0 aliphatic heterocycles. The normalized spacial score (nSPS) is 13.1. The smallest absolute Gasteiger partial charge is 0.229 e. The maximum absolute atomic E-state index is 9.92. The summed E-state index contributed by atoms with van der Waals surface area (Å²) in [6, 6.07) is 8.19. The molecule has 2 rings (SSSR count). The molecule has 21 heavy (non-hydrogen) atoms. The first-order valence-corrected chi connectivity index (χ1v) is 7.56. The molecule has 1 unspecified atom stereocenters. The van der Waals surface area contributed by atoms with Crippen LogP contribution < -0.4 is 0 Å². The third-order valence-corrected chi connectivity index (χ3v) is 3.46. The van der Waals surface area contributed by atoms with Crippen LogP contribution in [0.15, 0.2) is 28.8 Å². The molecule has 1 N–H and O–H groups in total. The molecular weight excluding hydrogens is 264 g/mol. The summed E-state index contributed by atoms with van der Waals surface area (Å²) in [5, 5.41) is 13.9. The van der Waals surface area contributed by atoms with Gasteiger partial charge in [-0.3, -0.25) is 0 Å². The fourth-order valence-corrected chi connectivity index (χ4v) is 2.30. The van der Waals surface area contributed by atoms with Crippen molar-refractivity contribution in [3.8, 4) is 11.4 Å². The molecule has 1 atom stereocenters. The molecule has 0 bridgehead atoms. The zero-order valence-electron chi connectivity index (χ0n) is 13.2. The van der Waals surface area contributed by atoms with Crippen molar-refractivity contribution in [2.24, 2.45) is 5.92 Å². The van der Waals surface area contributed by atoms with Crippen molar-refractivity contribution in [2.45, 2.75) is 52.6 Å². The molecule has 0 aliphatic carbocycles. The van der Waals surface area contributed by atoms with Crippen LogP contribution in [0.5, 0.6) is 0 Å². The van der Waals surface area contributed by atoms with Crippen LogP contribution >= 0.6 is 0 Å². The molecule has 0 radical (unpaired) electrons. The van der Waals surface area contributed by atoms with Gasteiger partial charge in [0.05, 0.1) is 12.5 Å². The average Bonchev–Trinajstić information content (AvgIpc) is 2.86. The second kappa shape index (κ2) is 6.85. The van der Waals surface area contributed by atoms with Crippen molar-refractivity contribution in [3.05, 3.63) is 35.7 Å². The zero-order valence-corrected chi connectivity index (χ0v) is 13.2. The van der Waals surface area contributed by atoms with Crippen LogP contribution in [-0.4, -0.2) is 21.4 Å². The standard InChI is InChI=1S/C17H24N2O2/c1-11(2)9-15(20)10-16-18-17(19-21-16)14-7-5-13(6-8-14)12(3)4/h5-8,11-12,15,20H,9-10H2,1-4H3. The minimum Gasteiger partial charge on any atom is -0.393 e. The summed E-state index contributed by atoms with van der Waals surface area (Å²) in [7, 11) is 0. The Labute approximate surface area is 126 Å². The van der Waals surface area contributed by atoms with E-state index < -0.39 is 6.10 Å². The number of hydrogen-bond donors (Lipinski definition) is 1. The minimum atomic E-state index is -0.429. The monoisotopic (exact) mass is 288 g/mol. The number of aliphatic hydroxyl groups is 1. The summed E-state index contributed by atoms with van der Waals surface area (Å²) in [6.45, 7) is 8.49. The van der Waals surface area contributed by atoms with Crippen molar-refractivity contribution in [1.29, 1.82) is 0 Å². The van der Waals surface area contributed by atoms with Gasteiger partial charge in [0.1, 0.15) is 0 Å². The van der Waals surface area contributed by atoms with Gasteiger partial charge in [-0.05, 0) is 23.8 Å². The molecule has 4 nitrogen and oxygen atoms in total. The van der Waals surface area contributed by atoms with Gasteiger partial charge in [-0.15, -0.1) is 0 Å². The van der Waals surface area contributed by atoms with Crippen LogP contribution in [0.2, 0.25) is 0 Å². The Morgan fingerprint density at radius 2 is 1.76 bits per heavy atom. The first kappa shape index (κ1) is 15.7. The highest BCUT2D eigenvalue weighted by Crippen LogP contribution is 2.21. The second-order valence-corrected chi connectivity index (χ2v) is 6.28. The maximum Gasteiger partial charge on any atom is 0.229 e. The summed E-state index contributed by atoms with van der Waals surface area (Å²) >= 11 is 0. The Kier molecular flexibility index (Phi) is 5.12. The summed E-state index contributed by atoms with van der Waals surface area (Å²) in [6.07, 6.45) is 0.720. The lowest BCUT2D eigenvalue weighted by atomic mass is 10.0. The van der Waals surface area contributed by atoms with Crippen molar-refractivity contribution < 1.29 is 9.63 Å². The molecule has 1 aromatic carbocycles. The van der Waals surface area contributed by atoms with E-state index in [2.05, 4.69) is 50.0 Å². The second-order valence-electron chi connectivity index (χ2n) is 6.28. The number of aliphatic hydroxyl groups excluding tert-OH is 1. The Hall–Kier alpha value is -1.68. The van der Waals surface area contributed by atoms with E-state index in [0.29, 0.717) is 30.0 Å². The van der Waals surface area contributed by atoms with E-state index in [1.807, 2.05) is 12.1 Å². The Morgan fingerprint density at radius 3 is 2.33 bits per heavy atom. The van der Waals surface area contributed by atoms with Gasteiger partial charge in [-0.25, -0.2) is 0 Å². The van der Waals surface area contributed by atoms with E-state index in [4.69, 9.17) is 4.52 Å². The molecular formula is C17H24N2O2. The third kappa shape index (κ3) is 4.39. The van der Waals surface area contributed by atoms with Gasteiger partial charge in [0.25, 0.3) is 0 Å². The quantitative estimate of drug-likeness (QED) is 0.878. The first-order valence-electron chi connectivity index (χ1n) is 7.56. The zero-order chi connectivity index (χ0) is 15.4. The van der Waals surface area contributed by atoms with Crippen LogP contribution in [0.25, 0.3) is 11.4 Å². The summed E-state index contributed by atoms with van der Waals surface area (Å²) < 4.78 is 5.23. The number of hydrogen-bond acceptors (Lipinski definition) is 4. The lowest BCUT2D eigenvalue weighted by Crippen LogP contribution is -2.13. The first-order chi connectivity index (χ1) is 9.95. The van der Waals surface area contributed by atoms with Crippen LogP contribution in [0.4, 0.5) is 0 Å². The summed E-state index contributed by atoms with van der Waals surface area (Å²) in [4.78, 5) is 4.36. The lowest BCUT2D eigenvalue weighted by molar-refractivity contribution is 0.138. The van der Waals surface area contributed by atoms with Gasteiger partial charge in [0.15, 0.2) is 0 Å². The highest BCUT2D eigenvalue weighted by molar-refractivity contribution is 5.54. The predicted octanol–water partition coefficient (Wildman–Crippen LogP) is 3.81. The summed E-state index contributed by atoms with van der Waals surface area (Å²) in [5.41, 5.74) is 2.22. The number of rotatable bonds is 6. The van der Waals surface area contributed by atoms with E-state index in [1.165, 1.54) is 5.56 Å². The molecule has 114 valence electrons. The van der Waals surface area contributed by atoms with Gasteiger partial charge in [-0.1, -0.05) is 57.1 Å². The average molecular weight is 288 g/mol. The molecule has 0 fully saturated rings. The van der Waals surface area contributed by atoms with Gasteiger partial charge in [0.2, 0.25) is 11.7 Å². The number of benzene rings is 1. The molecule has 0 spiro atoms. The highest BCUT2D eigenvalue weighted by atomic mass is 16.5. The lowest BCUT2D eigenvalue weighted by Gasteiger charge is -2.09. The number of nitrogens with zero attached hydrogens (tertiary/aromatic N) is 2. The maximum atomic E-state index is 9.92. The van der Waals surface area contributed by atoms with Crippen LogP contribution in [0.1, 0.15) is 51.5 Å². The molecule has 1 heterocycles. The SMILES string of the molecule is CC(C)CC(O)Cc1nc(-c2ccc(C(C)C)cc2)no1. The largest absolute Gasteiger partial charge is 0.393 e. The molecule has 2 aromatic rings. The Balaban J connectivity index is 2.05. The van der Waals surface area contributed by atoms with Gasteiger partial charge in [0, 0.05) is 5.56 Å². The Bertz CT molecular complexity index is 558. The van der Waals surface area contributed by atoms with Gasteiger partial charge >= 0.3 is 0 Å². The van der Waals surface area contributed by atoms with E-state index >= 15 is 0 Å². The minimum absolute atomic E-state index is 0.412. The van der Waals surface area contributed by atoms with Crippen LogP contribution in [0.3, 0.4) is 0 Å². The van der Waals surface area contributed by atoms with E-state index in [-0.39, 0.29) is 0 Å². The number of aromatic nitrogens is 2. The molecule has 0 amide bonds. The summed E-state index contributed by atoms with van der Waals surface area (Å²) in [5.74, 6) is 2.03. The van der Waals surface area contributed by atoms with E-state index in [1.54, 1.807) is 0 Å². The molecule has 4 heteroatoms. The molecule has 1 aromatic heterocycles. The highest BCUT2D eigenvalue weighted by Gasteiger charge is 2.14. The van der Waals surface area contributed by atoms with Gasteiger partial charge in [-0.2, -0.15) is 4.98 Å². The van der Waals surface area contributed by atoms with Gasteiger partial charge < -0.3 is 9.63 Å². The fraction of sp³-hybridized carbons (Fsp3) is 0.529. The van der Waals surface area contributed by atoms with Crippen molar-refractivity contribution in [2.75, 3.05) is 0 Å². The van der Waals surface area contributed by atoms with E-state index in [9.17, 15) is 5.11 Å². The molecule has 0 saturated heterocycles. The predicted molar refractivity (Wildman–Crippen MR) is 83.0 cm³/mol. The van der Waals surface area contributed by atoms with Crippen molar-refractivity contribution >= 4 is 0 Å². The van der Waals surface area contributed by atoms with Crippen molar-refractivity contribution in [3.63, 3.8) is 0 Å². The molecule has 0 aliphatic rings. The van der Waals surface area contributed by atoms with Crippen LogP contribution in [-0.2, 0) is 6.42 Å².